The first-order chi connectivity index (χ1) is 13.3. The number of hydrogen-bond acceptors (Lipinski definition) is 4. The van der Waals surface area contributed by atoms with Crippen LogP contribution in [-0.2, 0) is 17.3 Å². The summed E-state index contributed by atoms with van der Waals surface area (Å²) in [6.45, 7) is 0.946. The molecule has 146 valence electrons. The van der Waals surface area contributed by atoms with Crippen LogP contribution in [0, 0.1) is 0 Å². The van der Waals surface area contributed by atoms with E-state index in [1.54, 1.807) is 31.5 Å². The molecule has 28 heavy (non-hydrogen) atoms. The maximum atomic E-state index is 13.2. The molecule has 1 aromatic carbocycles. The van der Waals surface area contributed by atoms with Gasteiger partial charge in [-0.1, -0.05) is 12.1 Å². The van der Waals surface area contributed by atoms with Crippen molar-refractivity contribution in [1.29, 1.82) is 0 Å². The zero-order valence-corrected chi connectivity index (χ0v) is 15.4. The molecule has 8 heteroatoms. The largest absolute Gasteiger partial charge is 0.497 e. The summed E-state index contributed by atoms with van der Waals surface area (Å²) in [4.78, 5) is 12.0. The minimum atomic E-state index is -3.03. The molecule has 0 aliphatic heterocycles. The highest BCUT2D eigenvalue weighted by atomic mass is 19.3. The molecule has 0 aliphatic carbocycles. The predicted molar refractivity (Wildman–Crippen MR) is 100 cm³/mol. The highest BCUT2D eigenvalue weighted by molar-refractivity contribution is 6.01. The average molecular weight is 387 g/mol. The molecule has 6 nitrogen and oxygen atoms in total. The number of anilines is 1. The van der Waals surface area contributed by atoms with Gasteiger partial charge < -0.3 is 14.5 Å². The smallest absolute Gasteiger partial charge is 0.301 e. The summed E-state index contributed by atoms with van der Waals surface area (Å²) in [6.07, 6.45) is 4.66. The molecule has 0 radical (unpaired) electrons. The Hall–Kier alpha value is -3.42. The molecule has 0 aliphatic rings. The molecule has 3 aromatic rings. The van der Waals surface area contributed by atoms with Gasteiger partial charge in [-0.25, -0.2) is 0 Å². The third kappa shape index (κ3) is 5.06. The van der Waals surface area contributed by atoms with Crippen LogP contribution in [0.2, 0.25) is 0 Å². The fourth-order valence-corrected chi connectivity index (χ4v) is 2.46. The van der Waals surface area contributed by atoms with Crippen LogP contribution in [0.1, 0.15) is 24.0 Å². The van der Waals surface area contributed by atoms with Gasteiger partial charge in [0.2, 0.25) is 5.91 Å². The molecular weight excluding hydrogens is 368 g/mol. The summed E-state index contributed by atoms with van der Waals surface area (Å²) < 4.78 is 38.2. The summed E-state index contributed by atoms with van der Waals surface area (Å²) in [5.41, 5.74) is 0.821. The average Bonchev–Trinajstić information content (AvgIpc) is 3.30. The van der Waals surface area contributed by atoms with Crippen molar-refractivity contribution in [1.82, 2.24) is 9.78 Å². The van der Waals surface area contributed by atoms with E-state index in [4.69, 9.17) is 9.15 Å². The summed E-state index contributed by atoms with van der Waals surface area (Å²) in [7, 11) is 1.57. The standard InChI is InChI=1S/C20H19F2N3O3/c1-20(21,22)17-8-7-16(28-17)13-25-11-10-18(24-25)23-19(26)9-6-14-4-3-5-15(12-14)27-2/h3-12H,13H2,1-2H3,(H,23,24,26)/b9-6+. The third-order valence-electron chi connectivity index (χ3n) is 3.83. The van der Waals surface area contributed by atoms with Gasteiger partial charge in [0.1, 0.15) is 11.5 Å². The minimum Gasteiger partial charge on any atom is -0.497 e. The molecule has 0 unspecified atom stereocenters. The number of alkyl halides is 2. The number of rotatable bonds is 7. The van der Waals surface area contributed by atoms with Gasteiger partial charge >= 0.3 is 5.92 Å². The molecule has 0 saturated carbocycles. The lowest BCUT2D eigenvalue weighted by molar-refractivity contribution is -0.111. The molecular formula is C20H19F2N3O3. The van der Waals surface area contributed by atoms with Crippen molar-refractivity contribution in [3.8, 4) is 5.75 Å². The van der Waals surface area contributed by atoms with E-state index in [2.05, 4.69) is 10.4 Å². The fraction of sp³-hybridized carbons (Fsp3) is 0.200. The van der Waals surface area contributed by atoms with Gasteiger partial charge in [0, 0.05) is 25.3 Å². The first-order valence-electron chi connectivity index (χ1n) is 8.47. The molecule has 0 spiro atoms. The van der Waals surface area contributed by atoms with Gasteiger partial charge in [0.05, 0.1) is 13.7 Å². The maximum Gasteiger partial charge on any atom is 0.301 e. The molecule has 0 atom stereocenters. The lowest BCUT2D eigenvalue weighted by atomic mass is 10.2. The van der Waals surface area contributed by atoms with Crippen LogP contribution in [-0.4, -0.2) is 22.8 Å². The van der Waals surface area contributed by atoms with Crippen LogP contribution < -0.4 is 10.1 Å². The second kappa shape index (κ2) is 8.08. The number of nitrogens with zero attached hydrogens (tertiary/aromatic N) is 2. The summed E-state index contributed by atoms with van der Waals surface area (Å²) in [5.74, 6) is -2.40. The summed E-state index contributed by atoms with van der Waals surface area (Å²) in [6, 6.07) is 11.6. The van der Waals surface area contributed by atoms with Gasteiger partial charge in [-0.3, -0.25) is 9.48 Å². The topological polar surface area (TPSA) is 69.3 Å². The van der Waals surface area contributed by atoms with E-state index >= 15 is 0 Å². The zero-order valence-electron chi connectivity index (χ0n) is 15.4. The Kier molecular flexibility index (Phi) is 5.58. The van der Waals surface area contributed by atoms with Gasteiger partial charge in [-0.2, -0.15) is 13.9 Å². The molecule has 1 N–H and O–H groups in total. The lowest BCUT2D eigenvalue weighted by Gasteiger charge is -2.05. The van der Waals surface area contributed by atoms with E-state index in [1.165, 1.54) is 22.9 Å². The number of hydrogen-bond donors (Lipinski definition) is 1. The number of carbonyl (C=O) groups is 1. The first-order valence-corrected chi connectivity index (χ1v) is 8.47. The number of benzene rings is 1. The number of furan rings is 1. The highest BCUT2D eigenvalue weighted by Crippen LogP contribution is 2.28. The Morgan fingerprint density at radius 3 is 2.86 bits per heavy atom. The molecule has 3 rings (SSSR count). The number of amides is 1. The highest BCUT2D eigenvalue weighted by Gasteiger charge is 2.28. The Labute approximate surface area is 160 Å². The van der Waals surface area contributed by atoms with E-state index in [0.29, 0.717) is 17.3 Å². The minimum absolute atomic E-state index is 0.172. The van der Waals surface area contributed by atoms with E-state index < -0.39 is 11.7 Å². The Morgan fingerprint density at radius 1 is 1.32 bits per heavy atom. The number of ether oxygens (including phenoxy) is 1. The van der Waals surface area contributed by atoms with Crippen LogP contribution >= 0.6 is 0 Å². The van der Waals surface area contributed by atoms with Crippen molar-refractivity contribution in [3.05, 3.63) is 71.8 Å². The number of aromatic nitrogens is 2. The van der Waals surface area contributed by atoms with E-state index in [0.717, 1.165) is 12.5 Å². The van der Waals surface area contributed by atoms with Crippen molar-refractivity contribution in [2.45, 2.75) is 19.4 Å². The van der Waals surface area contributed by atoms with Crippen molar-refractivity contribution in [3.63, 3.8) is 0 Å². The van der Waals surface area contributed by atoms with Gasteiger partial charge in [0.15, 0.2) is 11.6 Å². The molecule has 2 aromatic heterocycles. The van der Waals surface area contributed by atoms with Crippen molar-refractivity contribution in [2.75, 3.05) is 12.4 Å². The van der Waals surface area contributed by atoms with Crippen molar-refractivity contribution >= 4 is 17.8 Å². The predicted octanol–water partition coefficient (Wildman–Crippen LogP) is 4.30. The zero-order chi connectivity index (χ0) is 20.1. The number of carbonyl (C=O) groups excluding carboxylic acids is 1. The van der Waals surface area contributed by atoms with E-state index in [9.17, 15) is 13.6 Å². The SMILES string of the molecule is COc1cccc(/C=C/C(=O)Nc2ccn(Cc3ccc(C(C)(F)F)o3)n2)c1. The van der Waals surface area contributed by atoms with E-state index in [-0.39, 0.29) is 12.5 Å². The Morgan fingerprint density at radius 2 is 2.14 bits per heavy atom. The number of nitrogens with one attached hydrogen (secondary N) is 1. The van der Waals surface area contributed by atoms with Crippen LogP contribution in [0.3, 0.4) is 0 Å². The fourth-order valence-electron chi connectivity index (χ4n) is 2.46. The maximum absolute atomic E-state index is 13.2. The van der Waals surface area contributed by atoms with Gasteiger partial charge in [-0.15, -0.1) is 0 Å². The van der Waals surface area contributed by atoms with Gasteiger partial charge in [0.25, 0.3) is 0 Å². The van der Waals surface area contributed by atoms with Crippen LogP contribution in [0.5, 0.6) is 5.75 Å². The second-order valence-electron chi connectivity index (χ2n) is 6.15. The molecule has 1 amide bonds. The molecule has 0 fully saturated rings. The van der Waals surface area contributed by atoms with Crippen molar-refractivity contribution < 1.29 is 22.7 Å². The Balaban J connectivity index is 1.58. The number of methoxy groups -OCH3 is 1. The van der Waals surface area contributed by atoms with E-state index in [1.807, 2.05) is 18.2 Å². The lowest BCUT2D eigenvalue weighted by Crippen LogP contribution is -2.09. The Bertz CT molecular complexity index is 986. The van der Waals surface area contributed by atoms with Crippen LogP contribution in [0.15, 0.2) is 59.2 Å². The normalized spacial score (nSPS) is 11.7. The summed E-state index contributed by atoms with van der Waals surface area (Å²) >= 11 is 0. The van der Waals surface area contributed by atoms with Gasteiger partial charge in [-0.05, 0) is 35.9 Å². The molecule has 2 heterocycles. The molecule has 0 saturated heterocycles. The summed E-state index contributed by atoms with van der Waals surface area (Å²) in [5, 5.41) is 6.82. The second-order valence-corrected chi connectivity index (χ2v) is 6.15. The first kappa shape index (κ1) is 19.3. The number of halogens is 2. The monoisotopic (exact) mass is 387 g/mol. The quantitative estimate of drug-likeness (QED) is 0.614. The third-order valence-corrected chi connectivity index (χ3v) is 3.83. The van der Waals surface area contributed by atoms with Crippen LogP contribution in [0.4, 0.5) is 14.6 Å². The molecule has 0 bridgehead atoms. The van der Waals surface area contributed by atoms with Crippen LogP contribution in [0.25, 0.3) is 6.08 Å². The van der Waals surface area contributed by atoms with Crippen molar-refractivity contribution in [2.24, 2.45) is 0 Å².